The average Bonchev–Trinajstić information content (AvgIpc) is 3.06. The zero-order valence-electron chi connectivity index (χ0n) is 20.1. The summed E-state index contributed by atoms with van der Waals surface area (Å²) in [6, 6.07) is 0. The molecule has 0 aromatic carbocycles. The lowest BCUT2D eigenvalue weighted by Gasteiger charge is -2.45. The standard InChI is InChI=1S/C27H44O5/c1-17(12-22(30)15-26(3,32)16-28)23-9-10-24-19(6-5-11-27(23,24)4)7-8-20-13-21(29)14-25(31)18(20)2/h7-8,17,21-25,28-32H,2,5-6,9-16H2,1,3-4H3/b19-7+,20-8-/t17-,21-,22+,23-,24+,25+,26-,27-/m1/s1. The summed E-state index contributed by atoms with van der Waals surface area (Å²) in [7, 11) is 0. The van der Waals surface area contributed by atoms with E-state index in [1.165, 1.54) is 12.0 Å². The Morgan fingerprint density at radius 1 is 1.25 bits per heavy atom. The molecule has 182 valence electrons. The van der Waals surface area contributed by atoms with Crippen molar-refractivity contribution in [3.63, 3.8) is 0 Å². The molecular formula is C27H44O5. The molecule has 5 heteroatoms. The van der Waals surface area contributed by atoms with Crippen molar-refractivity contribution in [1.29, 1.82) is 0 Å². The van der Waals surface area contributed by atoms with Crippen LogP contribution in [0.25, 0.3) is 0 Å². The lowest BCUT2D eigenvalue weighted by molar-refractivity contribution is -0.0439. The molecule has 0 aromatic heterocycles. The Kier molecular flexibility index (Phi) is 8.10. The van der Waals surface area contributed by atoms with Crippen molar-refractivity contribution in [2.75, 3.05) is 6.61 Å². The Balaban J connectivity index is 1.71. The normalized spacial score (nSPS) is 39.7. The second kappa shape index (κ2) is 10.1. The third kappa shape index (κ3) is 5.56. The van der Waals surface area contributed by atoms with E-state index in [4.69, 9.17) is 0 Å². The fourth-order valence-corrected chi connectivity index (χ4v) is 6.93. The number of rotatable bonds is 7. The van der Waals surface area contributed by atoms with Crippen LogP contribution >= 0.6 is 0 Å². The van der Waals surface area contributed by atoms with Crippen molar-refractivity contribution in [2.45, 2.75) is 102 Å². The number of fused-ring (bicyclic) bond motifs is 1. The quantitative estimate of drug-likeness (QED) is 0.409. The molecule has 0 aromatic rings. The van der Waals surface area contributed by atoms with Crippen LogP contribution in [0.15, 0.2) is 35.5 Å². The third-order valence-corrected chi connectivity index (χ3v) is 8.65. The number of aliphatic hydroxyl groups is 5. The minimum Gasteiger partial charge on any atom is -0.393 e. The molecule has 8 atom stereocenters. The van der Waals surface area contributed by atoms with E-state index in [-0.39, 0.29) is 18.4 Å². The molecule has 0 heterocycles. The predicted octanol–water partition coefficient (Wildman–Crippen LogP) is 3.65. The maximum atomic E-state index is 10.5. The minimum atomic E-state index is -1.24. The smallest absolute Gasteiger partial charge is 0.0874 e. The van der Waals surface area contributed by atoms with Gasteiger partial charge in [-0.05, 0) is 86.2 Å². The van der Waals surface area contributed by atoms with Gasteiger partial charge in [0.05, 0.1) is 30.5 Å². The summed E-state index contributed by atoms with van der Waals surface area (Å²) in [5.41, 5.74) is 2.12. The van der Waals surface area contributed by atoms with E-state index < -0.39 is 23.9 Å². The number of hydrogen-bond acceptors (Lipinski definition) is 5. The van der Waals surface area contributed by atoms with Gasteiger partial charge in [-0.2, -0.15) is 0 Å². The van der Waals surface area contributed by atoms with Crippen molar-refractivity contribution in [3.05, 3.63) is 35.5 Å². The number of hydrogen-bond donors (Lipinski definition) is 5. The average molecular weight is 449 g/mol. The van der Waals surface area contributed by atoms with Gasteiger partial charge in [-0.15, -0.1) is 0 Å². The van der Waals surface area contributed by atoms with Crippen LogP contribution in [0.4, 0.5) is 0 Å². The molecule has 5 nitrogen and oxygen atoms in total. The van der Waals surface area contributed by atoms with Gasteiger partial charge in [-0.25, -0.2) is 0 Å². The van der Waals surface area contributed by atoms with E-state index in [0.29, 0.717) is 37.0 Å². The zero-order chi connectivity index (χ0) is 23.7. The Hall–Kier alpha value is -0.980. The van der Waals surface area contributed by atoms with E-state index in [9.17, 15) is 25.5 Å². The summed E-state index contributed by atoms with van der Waals surface area (Å²) < 4.78 is 0. The van der Waals surface area contributed by atoms with Gasteiger partial charge in [0.15, 0.2) is 0 Å². The van der Waals surface area contributed by atoms with Gasteiger partial charge in [-0.3, -0.25) is 0 Å². The van der Waals surface area contributed by atoms with Gasteiger partial charge < -0.3 is 25.5 Å². The second-order valence-electron chi connectivity index (χ2n) is 11.4. The molecule has 0 radical (unpaired) electrons. The van der Waals surface area contributed by atoms with Crippen LogP contribution in [0.1, 0.15) is 78.6 Å². The van der Waals surface area contributed by atoms with Crippen LogP contribution in [0, 0.1) is 23.2 Å². The maximum absolute atomic E-state index is 10.5. The first kappa shape index (κ1) is 25.6. The highest BCUT2D eigenvalue weighted by Gasteiger charge is 2.50. The molecular weight excluding hydrogens is 404 g/mol. The topological polar surface area (TPSA) is 101 Å². The van der Waals surface area contributed by atoms with Crippen molar-refractivity contribution < 1.29 is 25.5 Å². The van der Waals surface area contributed by atoms with Crippen LogP contribution in [0.2, 0.25) is 0 Å². The van der Waals surface area contributed by atoms with Gasteiger partial charge in [-0.1, -0.05) is 38.2 Å². The summed E-state index contributed by atoms with van der Waals surface area (Å²) in [5, 5.41) is 50.1. The molecule has 0 aliphatic heterocycles. The molecule has 3 aliphatic rings. The summed E-state index contributed by atoms with van der Waals surface area (Å²) in [5.74, 6) is 1.38. The van der Waals surface area contributed by atoms with Crippen molar-refractivity contribution in [3.8, 4) is 0 Å². The van der Waals surface area contributed by atoms with Gasteiger partial charge in [0, 0.05) is 12.8 Å². The summed E-state index contributed by atoms with van der Waals surface area (Å²) in [6.07, 6.45) is 10.0. The second-order valence-corrected chi connectivity index (χ2v) is 11.4. The van der Waals surface area contributed by atoms with E-state index in [1.807, 2.05) is 0 Å². The first-order valence-corrected chi connectivity index (χ1v) is 12.4. The predicted molar refractivity (Wildman–Crippen MR) is 127 cm³/mol. The lowest BCUT2D eigenvalue weighted by Crippen LogP contribution is -2.38. The van der Waals surface area contributed by atoms with Crippen LogP contribution < -0.4 is 0 Å². The van der Waals surface area contributed by atoms with Crippen molar-refractivity contribution in [2.24, 2.45) is 23.2 Å². The molecule has 3 aliphatic carbocycles. The summed E-state index contributed by atoms with van der Waals surface area (Å²) >= 11 is 0. The molecule has 5 N–H and O–H groups in total. The molecule has 3 fully saturated rings. The Bertz CT molecular complexity index is 738. The van der Waals surface area contributed by atoms with Crippen LogP contribution in [0.5, 0.6) is 0 Å². The highest BCUT2D eigenvalue weighted by Crippen LogP contribution is 2.60. The first-order chi connectivity index (χ1) is 15.0. The third-order valence-electron chi connectivity index (χ3n) is 8.65. The molecule has 0 bridgehead atoms. The molecule has 3 saturated carbocycles. The summed E-state index contributed by atoms with van der Waals surface area (Å²) in [4.78, 5) is 0. The van der Waals surface area contributed by atoms with E-state index in [0.717, 1.165) is 36.8 Å². The summed E-state index contributed by atoms with van der Waals surface area (Å²) in [6.45, 7) is 9.90. The van der Waals surface area contributed by atoms with Crippen LogP contribution in [-0.2, 0) is 0 Å². The monoisotopic (exact) mass is 448 g/mol. The van der Waals surface area contributed by atoms with Crippen LogP contribution in [-0.4, -0.2) is 56.1 Å². The Labute approximate surface area is 193 Å². The molecule has 0 unspecified atom stereocenters. The van der Waals surface area contributed by atoms with E-state index >= 15 is 0 Å². The van der Waals surface area contributed by atoms with Gasteiger partial charge in [0.1, 0.15) is 0 Å². The van der Waals surface area contributed by atoms with Crippen molar-refractivity contribution in [1.82, 2.24) is 0 Å². The Morgan fingerprint density at radius 3 is 2.66 bits per heavy atom. The fourth-order valence-electron chi connectivity index (χ4n) is 6.93. The van der Waals surface area contributed by atoms with Gasteiger partial charge in [0.2, 0.25) is 0 Å². The lowest BCUT2D eigenvalue weighted by atomic mass is 9.60. The van der Waals surface area contributed by atoms with Gasteiger partial charge >= 0.3 is 0 Å². The molecule has 0 spiro atoms. The molecule has 0 saturated heterocycles. The molecule has 3 rings (SSSR count). The van der Waals surface area contributed by atoms with E-state index in [2.05, 4.69) is 32.6 Å². The zero-order valence-corrected chi connectivity index (χ0v) is 20.1. The fraction of sp³-hybridized carbons (Fsp3) is 0.778. The van der Waals surface area contributed by atoms with Crippen LogP contribution in [0.3, 0.4) is 0 Å². The molecule has 0 amide bonds. The number of allylic oxidation sites excluding steroid dienone is 3. The van der Waals surface area contributed by atoms with Crippen molar-refractivity contribution >= 4 is 0 Å². The number of aliphatic hydroxyl groups excluding tert-OH is 4. The minimum absolute atomic E-state index is 0.195. The Morgan fingerprint density at radius 2 is 1.97 bits per heavy atom. The maximum Gasteiger partial charge on any atom is 0.0874 e. The first-order valence-electron chi connectivity index (χ1n) is 12.4. The van der Waals surface area contributed by atoms with E-state index in [1.54, 1.807) is 6.92 Å². The van der Waals surface area contributed by atoms with Gasteiger partial charge in [0.25, 0.3) is 0 Å². The highest BCUT2D eigenvalue weighted by atomic mass is 16.3. The SMILES string of the molecule is C=C1/C(=C\C=C2/CCC[C@]3(C)[C@@H]([C@H](C)C[C@H](O)C[C@@](C)(O)CO)CC[C@@H]23)C[C@@H](O)C[C@@H]1O. The highest BCUT2D eigenvalue weighted by molar-refractivity contribution is 5.38. The molecule has 32 heavy (non-hydrogen) atoms. The largest absolute Gasteiger partial charge is 0.393 e.